The lowest BCUT2D eigenvalue weighted by Crippen LogP contribution is -2.13. The smallest absolute Gasteiger partial charge is 0.258 e. The Morgan fingerprint density at radius 3 is 2.50 bits per heavy atom. The predicted molar refractivity (Wildman–Crippen MR) is 95.7 cm³/mol. The Hall–Kier alpha value is -2.43. The van der Waals surface area contributed by atoms with Gasteiger partial charge in [0.1, 0.15) is 11.0 Å². The molecule has 2 aromatic heterocycles. The number of pyridine rings is 2. The van der Waals surface area contributed by atoms with E-state index in [2.05, 4.69) is 15.3 Å². The number of anilines is 1. The van der Waals surface area contributed by atoms with Gasteiger partial charge in [0, 0.05) is 17.4 Å². The standard InChI is InChI=1S/C18H13Cl2N3O/c19-15-3-1-2-12(9-15)8-13-4-7-17(22-10-13)23-18(24)14-5-6-16(20)21-11-14/h1-7,9-11H,8H2,(H,22,23,24). The largest absolute Gasteiger partial charge is 0.307 e. The molecule has 120 valence electrons. The maximum atomic E-state index is 12.1. The molecule has 0 aliphatic rings. The molecule has 0 radical (unpaired) electrons. The van der Waals surface area contributed by atoms with E-state index in [1.165, 1.54) is 6.20 Å². The maximum Gasteiger partial charge on any atom is 0.258 e. The van der Waals surface area contributed by atoms with Crippen molar-refractivity contribution in [2.75, 3.05) is 5.32 Å². The number of rotatable bonds is 4. The first-order valence-electron chi connectivity index (χ1n) is 7.22. The fourth-order valence-electron chi connectivity index (χ4n) is 2.18. The number of hydrogen-bond acceptors (Lipinski definition) is 3. The molecule has 0 atom stereocenters. The Balaban J connectivity index is 1.66. The minimum Gasteiger partial charge on any atom is -0.307 e. The van der Waals surface area contributed by atoms with Gasteiger partial charge in [0.2, 0.25) is 0 Å². The van der Waals surface area contributed by atoms with Gasteiger partial charge in [-0.05, 0) is 47.9 Å². The number of nitrogens with zero attached hydrogens (tertiary/aromatic N) is 2. The number of amides is 1. The van der Waals surface area contributed by atoms with Crippen LogP contribution in [0.1, 0.15) is 21.5 Å². The molecule has 6 heteroatoms. The Morgan fingerprint density at radius 1 is 0.958 bits per heavy atom. The summed E-state index contributed by atoms with van der Waals surface area (Å²) in [4.78, 5) is 20.2. The second kappa shape index (κ2) is 7.43. The van der Waals surface area contributed by atoms with Crippen LogP contribution in [0.2, 0.25) is 10.2 Å². The van der Waals surface area contributed by atoms with Crippen LogP contribution in [-0.4, -0.2) is 15.9 Å². The number of carbonyl (C=O) groups is 1. The molecule has 2 heterocycles. The number of aromatic nitrogens is 2. The highest BCUT2D eigenvalue weighted by atomic mass is 35.5. The summed E-state index contributed by atoms with van der Waals surface area (Å²) in [5, 5.41) is 3.78. The van der Waals surface area contributed by atoms with Crippen molar-refractivity contribution in [3.05, 3.63) is 87.8 Å². The first-order chi connectivity index (χ1) is 11.6. The van der Waals surface area contributed by atoms with E-state index in [1.54, 1.807) is 24.4 Å². The van der Waals surface area contributed by atoms with E-state index in [0.29, 0.717) is 21.6 Å². The van der Waals surface area contributed by atoms with Gasteiger partial charge in [-0.1, -0.05) is 41.4 Å². The molecule has 0 unspecified atom stereocenters. The summed E-state index contributed by atoms with van der Waals surface area (Å²) in [7, 11) is 0. The van der Waals surface area contributed by atoms with Crippen molar-refractivity contribution in [3.8, 4) is 0 Å². The summed E-state index contributed by atoms with van der Waals surface area (Å²) in [6.07, 6.45) is 3.88. The topological polar surface area (TPSA) is 54.9 Å². The van der Waals surface area contributed by atoms with Crippen LogP contribution in [0.25, 0.3) is 0 Å². The number of nitrogens with one attached hydrogen (secondary N) is 1. The van der Waals surface area contributed by atoms with Crippen molar-refractivity contribution in [2.45, 2.75) is 6.42 Å². The molecule has 3 aromatic rings. The van der Waals surface area contributed by atoms with Crippen LogP contribution >= 0.6 is 23.2 Å². The minimum absolute atomic E-state index is 0.283. The van der Waals surface area contributed by atoms with Crippen LogP contribution in [0.15, 0.2) is 60.9 Å². The zero-order chi connectivity index (χ0) is 16.9. The lowest BCUT2D eigenvalue weighted by atomic mass is 10.1. The van der Waals surface area contributed by atoms with Gasteiger partial charge in [-0.25, -0.2) is 9.97 Å². The molecule has 1 N–H and O–H groups in total. The third kappa shape index (κ3) is 4.31. The van der Waals surface area contributed by atoms with E-state index < -0.39 is 0 Å². The number of halogens is 2. The first kappa shape index (κ1) is 16.4. The Labute approximate surface area is 149 Å². The van der Waals surface area contributed by atoms with Gasteiger partial charge in [0.25, 0.3) is 5.91 Å². The van der Waals surface area contributed by atoms with E-state index in [-0.39, 0.29) is 5.91 Å². The summed E-state index contributed by atoms with van der Waals surface area (Å²) in [5.74, 6) is 0.194. The highest BCUT2D eigenvalue weighted by molar-refractivity contribution is 6.30. The summed E-state index contributed by atoms with van der Waals surface area (Å²) in [5.41, 5.74) is 2.56. The maximum absolute atomic E-state index is 12.1. The molecule has 1 aromatic carbocycles. The molecule has 0 saturated heterocycles. The van der Waals surface area contributed by atoms with Crippen LogP contribution < -0.4 is 5.32 Å². The lowest BCUT2D eigenvalue weighted by Gasteiger charge is -2.06. The Kier molecular flexibility index (Phi) is 5.08. The number of carbonyl (C=O) groups excluding carboxylic acids is 1. The average molecular weight is 358 g/mol. The molecule has 0 spiro atoms. The van der Waals surface area contributed by atoms with E-state index in [9.17, 15) is 4.79 Å². The van der Waals surface area contributed by atoms with Crippen LogP contribution in [0.3, 0.4) is 0 Å². The van der Waals surface area contributed by atoms with Gasteiger partial charge in [-0.15, -0.1) is 0 Å². The van der Waals surface area contributed by atoms with Gasteiger partial charge < -0.3 is 5.32 Å². The highest BCUT2D eigenvalue weighted by Gasteiger charge is 2.07. The van der Waals surface area contributed by atoms with Gasteiger partial charge in [-0.3, -0.25) is 4.79 Å². The number of benzene rings is 1. The molecule has 24 heavy (non-hydrogen) atoms. The van der Waals surface area contributed by atoms with Crippen molar-refractivity contribution >= 4 is 34.9 Å². The van der Waals surface area contributed by atoms with Crippen molar-refractivity contribution in [2.24, 2.45) is 0 Å². The second-order valence-corrected chi connectivity index (χ2v) is 6.01. The molecule has 1 amide bonds. The summed E-state index contributed by atoms with van der Waals surface area (Å²) < 4.78 is 0. The van der Waals surface area contributed by atoms with Crippen molar-refractivity contribution in [1.29, 1.82) is 0 Å². The SMILES string of the molecule is O=C(Nc1ccc(Cc2cccc(Cl)c2)cn1)c1ccc(Cl)nc1. The van der Waals surface area contributed by atoms with Crippen molar-refractivity contribution in [1.82, 2.24) is 9.97 Å². The fourth-order valence-corrected chi connectivity index (χ4v) is 2.51. The molecule has 0 saturated carbocycles. The van der Waals surface area contributed by atoms with Crippen molar-refractivity contribution < 1.29 is 4.79 Å². The normalized spacial score (nSPS) is 10.4. The van der Waals surface area contributed by atoms with Gasteiger partial charge >= 0.3 is 0 Å². The highest BCUT2D eigenvalue weighted by Crippen LogP contribution is 2.15. The first-order valence-corrected chi connectivity index (χ1v) is 7.98. The molecule has 0 bridgehead atoms. The van der Waals surface area contributed by atoms with E-state index in [0.717, 1.165) is 17.5 Å². The summed E-state index contributed by atoms with van der Waals surface area (Å²) in [6.45, 7) is 0. The van der Waals surface area contributed by atoms with E-state index >= 15 is 0 Å². The zero-order valence-electron chi connectivity index (χ0n) is 12.5. The van der Waals surface area contributed by atoms with Crippen molar-refractivity contribution in [3.63, 3.8) is 0 Å². The second-order valence-electron chi connectivity index (χ2n) is 5.18. The van der Waals surface area contributed by atoms with Crippen LogP contribution in [0, 0.1) is 0 Å². The summed E-state index contributed by atoms with van der Waals surface area (Å²) in [6, 6.07) is 14.5. The quantitative estimate of drug-likeness (QED) is 0.692. The third-order valence-corrected chi connectivity index (χ3v) is 3.81. The fraction of sp³-hybridized carbons (Fsp3) is 0.0556. The van der Waals surface area contributed by atoms with Crippen LogP contribution in [0.5, 0.6) is 0 Å². The molecule has 0 aliphatic carbocycles. The molecular formula is C18H13Cl2N3O. The Morgan fingerprint density at radius 2 is 1.83 bits per heavy atom. The zero-order valence-corrected chi connectivity index (χ0v) is 14.1. The van der Waals surface area contributed by atoms with Gasteiger partial charge in [-0.2, -0.15) is 0 Å². The molecule has 0 fully saturated rings. The van der Waals surface area contributed by atoms with Crippen LogP contribution in [-0.2, 0) is 6.42 Å². The summed E-state index contributed by atoms with van der Waals surface area (Å²) >= 11 is 11.7. The van der Waals surface area contributed by atoms with E-state index in [1.807, 2.05) is 30.3 Å². The predicted octanol–water partition coefficient (Wildman–Crippen LogP) is 4.63. The Bertz CT molecular complexity index is 849. The third-order valence-electron chi connectivity index (χ3n) is 3.35. The average Bonchev–Trinajstić information content (AvgIpc) is 2.57. The lowest BCUT2D eigenvalue weighted by molar-refractivity contribution is 0.102. The molecule has 0 aliphatic heterocycles. The van der Waals surface area contributed by atoms with Crippen LogP contribution in [0.4, 0.5) is 5.82 Å². The molecule has 3 rings (SSSR count). The monoisotopic (exact) mass is 357 g/mol. The van der Waals surface area contributed by atoms with E-state index in [4.69, 9.17) is 23.2 Å². The van der Waals surface area contributed by atoms with Gasteiger partial charge in [0.15, 0.2) is 0 Å². The minimum atomic E-state index is -0.283. The molecule has 4 nitrogen and oxygen atoms in total. The van der Waals surface area contributed by atoms with Gasteiger partial charge in [0.05, 0.1) is 5.56 Å². The molecular weight excluding hydrogens is 345 g/mol. The number of hydrogen-bond donors (Lipinski definition) is 1.